The number of nitrogen functional groups attached to an aromatic ring is 1. The summed E-state index contributed by atoms with van der Waals surface area (Å²) in [6, 6.07) is 8.21. The molecule has 1 saturated heterocycles. The monoisotopic (exact) mass is 270 g/mol. The van der Waals surface area contributed by atoms with E-state index in [1.165, 1.54) is 11.3 Å². The number of piperazine rings is 1. The van der Waals surface area contributed by atoms with Crippen LogP contribution in [0.3, 0.4) is 0 Å². The van der Waals surface area contributed by atoms with E-state index in [-0.39, 0.29) is 0 Å². The number of dihydropyridines is 1. The number of allylic oxidation sites excluding steroid dienone is 1. The van der Waals surface area contributed by atoms with Crippen LogP contribution in [0.2, 0.25) is 0 Å². The van der Waals surface area contributed by atoms with E-state index in [9.17, 15) is 0 Å². The molecule has 1 aromatic rings. The van der Waals surface area contributed by atoms with E-state index < -0.39 is 0 Å². The summed E-state index contributed by atoms with van der Waals surface area (Å²) in [4.78, 5) is 4.98. The van der Waals surface area contributed by atoms with Crippen LogP contribution in [0.5, 0.6) is 0 Å². The highest BCUT2D eigenvalue weighted by Gasteiger charge is 2.18. The zero-order valence-corrected chi connectivity index (χ0v) is 11.8. The molecule has 0 radical (unpaired) electrons. The molecule has 4 nitrogen and oxygen atoms in total. The summed E-state index contributed by atoms with van der Waals surface area (Å²) in [6.07, 6.45) is 6.46. The van der Waals surface area contributed by atoms with Crippen LogP contribution in [0.15, 0.2) is 48.3 Å². The van der Waals surface area contributed by atoms with Gasteiger partial charge in [0.05, 0.1) is 0 Å². The normalized spacial score (nSPS) is 19.6. The average Bonchev–Trinajstić information content (AvgIpc) is 2.51. The van der Waals surface area contributed by atoms with E-state index in [0.717, 1.165) is 45.0 Å². The maximum atomic E-state index is 5.72. The van der Waals surface area contributed by atoms with Crippen LogP contribution in [0.25, 0.3) is 0 Å². The Morgan fingerprint density at radius 1 is 1.05 bits per heavy atom. The lowest BCUT2D eigenvalue weighted by molar-refractivity contribution is 0.155. The van der Waals surface area contributed by atoms with Crippen LogP contribution < -0.4 is 11.1 Å². The van der Waals surface area contributed by atoms with Gasteiger partial charge in [-0.05, 0) is 36.0 Å². The first kappa shape index (κ1) is 13.1. The van der Waals surface area contributed by atoms with E-state index in [2.05, 4.69) is 39.4 Å². The minimum Gasteiger partial charge on any atom is -0.399 e. The van der Waals surface area contributed by atoms with Crippen molar-refractivity contribution in [1.82, 2.24) is 15.1 Å². The lowest BCUT2D eigenvalue weighted by Gasteiger charge is -2.37. The van der Waals surface area contributed by atoms with Crippen molar-refractivity contribution in [3.05, 3.63) is 53.9 Å². The second-order valence-corrected chi connectivity index (χ2v) is 5.38. The molecule has 0 saturated carbocycles. The summed E-state index contributed by atoms with van der Waals surface area (Å²) in [5, 5.41) is 3.20. The minimum absolute atomic E-state index is 0.836. The van der Waals surface area contributed by atoms with Gasteiger partial charge < -0.3 is 16.0 Å². The Morgan fingerprint density at radius 2 is 1.80 bits per heavy atom. The molecular weight excluding hydrogens is 248 g/mol. The molecule has 2 heterocycles. The van der Waals surface area contributed by atoms with Crippen LogP contribution in [0.1, 0.15) is 5.56 Å². The Kier molecular flexibility index (Phi) is 3.92. The van der Waals surface area contributed by atoms with Crippen molar-refractivity contribution < 1.29 is 0 Å². The molecule has 0 atom stereocenters. The molecule has 20 heavy (non-hydrogen) atoms. The van der Waals surface area contributed by atoms with Gasteiger partial charge in [-0.1, -0.05) is 12.1 Å². The van der Waals surface area contributed by atoms with Gasteiger partial charge >= 0.3 is 0 Å². The molecule has 3 rings (SSSR count). The Hall–Kier alpha value is -1.94. The van der Waals surface area contributed by atoms with Gasteiger partial charge in [-0.2, -0.15) is 0 Å². The van der Waals surface area contributed by atoms with E-state index >= 15 is 0 Å². The van der Waals surface area contributed by atoms with E-state index in [1.807, 2.05) is 18.3 Å². The number of nitrogens with one attached hydrogen (secondary N) is 1. The third-order valence-electron chi connectivity index (χ3n) is 3.92. The molecule has 106 valence electrons. The van der Waals surface area contributed by atoms with Crippen molar-refractivity contribution in [2.24, 2.45) is 0 Å². The van der Waals surface area contributed by atoms with Gasteiger partial charge in [0.2, 0.25) is 0 Å². The van der Waals surface area contributed by atoms with Crippen LogP contribution in [0.4, 0.5) is 5.69 Å². The molecule has 1 aromatic carbocycles. The molecule has 1 fully saturated rings. The van der Waals surface area contributed by atoms with Gasteiger partial charge in [-0.3, -0.25) is 4.90 Å². The molecule has 0 bridgehead atoms. The Morgan fingerprint density at radius 3 is 2.45 bits per heavy atom. The molecule has 0 unspecified atom stereocenters. The highest BCUT2D eigenvalue weighted by atomic mass is 15.3. The molecule has 2 aliphatic heterocycles. The summed E-state index contributed by atoms with van der Waals surface area (Å²) >= 11 is 0. The standard InChI is InChI=1S/C16H22N4/c17-15-3-1-14(2-4-15)13-19-9-11-20(12-10-19)16-5-7-18-8-6-16/h1-7,18H,8-13,17H2. The number of nitrogens with two attached hydrogens (primary N) is 1. The Bertz CT molecular complexity index is 496. The SMILES string of the molecule is Nc1ccc(CN2CCN(C3=CCNC=C3)CC2)cc1. The molecule has 0 spiro atoms. The number of hydrogen-bond donors (Lipinski definition) is 2. The lowest BCUT2D eigenvalue weighted by Crippen LogP contribution is -2.45. The van der Waals surface area contributed by atoms with Gasteiger partial charge in [0.15, 0.2) is 0 Å². The topological polar surface area (TPSA) is 44.5 Å². The maximum Gasteiger partial charge on any atom is 0.0358 e. The zero-order chi connectivity index (χ0) is 13.8. The van der Waals surface area contributed by atoms with E-state index in [4.69, 9.17) is 5.73 Å². The third-order valence-corrected chi connectivity index (χ3v) is 3.92. The number of anilines is 1. The van der Waals surface area contributed by atoms with E-state index in [1.54, 1.807) is 0 Å². The molecule has 2 aliphatic rings. The lowest BCUT2D eigenvalue weighted by atomic mass is 10.1. The van der Waals surface area contributed by atoms with Crippen LogP contribution in [0, 0.1) is 0 Å². The molecule has 3 N–H and O–H groups in total. The molecule has 0 aromatic heterocycles. The van der Waals surface area contributed by atoms with Crippen LogP contribution in [-0.4, -0.2) is 42.5 Å². The Balaban J connectivity index is 1.52. The number of benzene rings is 1. The largest absolute Gasteiger partial charge is 0.399 e. The fraction of sp³-hybridized carbons (Fsp3) is 0.375. The summed E-state index contributed by atoms with van der Waals surface area (Å²) in [6.45, 7) is 6.39. The summed E-state index contributed by atoms with van der Waals surface area (Å²) in [5.74, 6) is 0. The first-order valence-corrected chi connectivity index (χ1v) is 7.23. The van der Waals surface area contributed by atoms with Gasteiger partial charge in [-0.15, -0.1) is 0 Å². The van der Waals surface area contributed by atoms with Gasteiger partial charge in [0, 0.05) is 50.7 Å². The Labute approximate surface area is 120 Å². The highest BCUT2D eigenvalue weighted by molar-refractivity contribution is 5.39. The molecular formula is C16H22N4. The van der Waals surface area contributed by atoms with E-state index in [0.29, 0.717) is 0 Å². The highest BCUT2D eigenvalue weighted by Crippen LogP contribution is 2.15. The first-order valence-electron chi connectivity index (χ1n) is 7.23. The van der Waals surface area contributed by atoms with Crippen molar-refractivity contribution in [1.29, 1.82) is 0 Å². The zero-order valence-electron chi connectivity index (χ0n) is 11.8. The number of nitrogens with zero attached hydrogens (tertiary/aromatic N) is 2. The molecule has 0 amide bonds. The predicted molar refractivity (Wildman–Crippen MR) is 82.9 cm³/mol. The van der Waals surface area contributed by atoms with Gasteiger partial charge in [-0.25, -0.2) is 0 Å². The number of rotatable bonds is 3. The number of hydrogen-bond acceptors (Lipinski definition) is 4. The van der Waals surface area contributed by atoms with Crippen molar-refractivity contribution >= 4 is 5.69 Å². The fourth-order valence-electron chi connectivity index (χ4n) is 2.72. The average molecular weight is 270 g/mol. The maximum absolute atomic E-state index is 5.72. The fourth-order valence-corrected chi connectivity index (χ4v) is 2.72. The summed E-state index contributed by atoms with van der Waals surface area (Å²) < 4.78 is 0. The van der Waals surface area contributed by atoms with Crippen molar-refractivity contribution in [2.45, 2.75) is 6.54 Å². The predicted octanol–water partition coefficient (Wildman–Crippen LogP) is 1.39. The van der Waals surface area contributed by atoms with Crippen molar-refractivity contribution in [3.8, 4) is 0 Å². The van der Waals surface area contributed by atoms with Crippen LogP contribution >= 0.6 is 0 Å². The second kappa shape index (κ2) is 6.01. The molecule has 4 heteroatoms. The van der Waals surface area contributed by atoms with Crippen molar-refractivity contribution in [2.75, 3.05) is 38.5 Å². The quantitative estimate of drug-likeness (QED) is 0.815. The third kappa shape index (κ3) is 3.14. The molecule has 0 aliphatic carbocycles. The summed E-state index contributed by atoms with van der Waals surface area (Å²) in [7, 11) is 0. The minimum atomic E-state index is 0.836. The van der Waals surface area contributed by atoms with Crippen molar-refractivity contribution in [3.63, 3.8) is 0 Å². The first-order chi connectivity index (χ1) is 9.81. The van der Waals surface area contributed by atoms with Crippen LogP contribution in [-0.2, 0) is 6.54 Å². The second-order valence-electron chi connectivity index (χ2n) is 5.38. The van der Waals surface area contributed by atoms with Gasteiger partial charge in [0.1, 0.15) is 0 Å². The van der Waals surface area contributed by atoms with Gasteiger partial charge in [0.25, 0.3) is 0 Å². The smallest absolute Gasteiger partial charge is 0.0358 e. The summed E-state index contributed by atoms with van der Waals surface area (Å²) in [5.41, 5.74) is 9.26.